The Balaban J connectivity index is 2.20. The maximum atomic E-state index is 13.1. The van der Waals surface area contributed by atoms with Crippen LogP contribution in [0, 0.1) is 6.92 Å². The third-order valence-corrected chi connectivity index (χ3v) is 4.68. The number of halogens is 3. The van der Waals surface area contributed by atoms with Gasteiger partial charge < -0.3 is 15.2 Å². The van der Waals surface area contributed by atoms with Gasteiger partial charge in [0.1, 0.15) is 11.4 Å². The number of aromatic nitrogens is 3. The number of nitrogens with zero attached hydrogens (tertiary/aromatic N) is 3. The minimum atomic E-state index is -4.56. The van der Waals surface area contributed by atoms with Crippen LogP contribution in [0.3, 0.4) is 0 Å². The number of carboxylic acids is 1. The van der Waals surface area contributed by atoms with E-state index in [4.69, 9.17) is 0 Å². The Labute approximate surface area is 175 Å². The average Bonchev–Trinajstić information content (AvgIpc) is 2.71. The Bertz CT molecular complexity index is 1190. The molecule has 0 aliphatic heterocycles. The molecule has 10 heteroatoms. The van der Waals surface area contributed by atoms with Gasteiger partial charge >= 0.3 is 6.18 Å². The molecule has 0 bridgehead atoms. The minimum Gasteiger partial charge on any atom is -0.543 e. The van der Waals surface area contributed by atoms with Crippen molar-refractivity contribution in [2.75, 3.05) is 5.32 Å². The number of aromatic carboxylic acids is 1. The fourth-order valence-corrected chi connectivity index (χ4v) is 3.07. The molecule has 3 rings (SSSR count). The van der Waals surface area contributed by atoms with Crippen LogP contribution in [0.5, 0.6) is 0 Å². The molecule has 31 heavy (non-hydrogen) atoms. The lowest BCUT2D eigenvalue weighted by Crippen LogP contribution is -2.34. The number of carbonyl (C=O) groups is 1. The number of hydrogen-bond donors (Lipinski definition) is 1. The molecule has 7 nitrogen and oxygen atoms in total. The summed E-state index contributed by atoms with van der Waals surface area (Å²) in [5.74, 6) is -1.64. The molecule has 2 aromatic heterocycles. The van der Waals surface area contributed by atoms with Crippen molar-refractivity contribution in [3.8, 4) is 0 Å². The van der Waals surface area contributed by atoms with E-state index >= 15 is 0 Å². The van der Waals surface area contributed by atoms with Crippen molar-refractivity contribution in [1.29, 1.82) is 0 Å². The molecule has 3 aromatic rings. The molecule has 0 amide bonds. The number of benzene rings is 1. The Kier molecular flexibility index (Phi) is 6.09. The zero-order valence-corrected chi connectivity index (χ0v) is 16.7. The van der Waals surface area contributed by atoms with Crippen molar-refractivity contribution in [1.82, 2.24) is 14.8 Å². The van der Waals surface area contributed by atoms with Gasteiger partial charge in [-0.3, -0.25) is 9.78 Å². The molecule has 0 spiro atoms. The molecule has 1 aromatic carbocycles. The summed E-state index contributed by atoms with van der Waals surface area (Å²) in [7, 11) is 0. The van der Waals surface area contributed by atoms with Crippen molar-refractivity contribution >= 4 is 17.3 Å². The van der Waals surface area contributed by atoms with Gasteiger partial charge in [-0.2, -0.15) is 18.3 Å². The molecule has 162 valence electrons. The van der Waals surface area contributed by atoms with Gasteiger partial charge in [-0.1, -0.05) is 18.2 Å². The monoisotopic (exact) mass is 431 g/mol. The topological polar surface area (TPSA) is 99.9 Å². The zero-order chi connectivity index (χ0) is 22.8. The fraction of sp³-hybridized carbons (Fsp3) is 0.238. The number of nitrogens with one attached hydrogen (secondary N) is 1. The van der Waals surface area contributed by atoms with Crippen LogP contribution in [-0.2, 0) is 19.1 Å². The first-order valence-electron chi connectivity index (χ1n) is 9.31. The molecule has 0 fully saturated rings. The smallest absolute Gasteiger partial charge is 0.416 e. The molecule has 0 atom stereocenters. The summed E-state index contributed by atoms with van der Waals surface area (Å²) < 4.78 is 40.3. The van der Waals surface area contributed by atoms with Gasteiger partial charge in [0, 0.05) is 24.7 Å². The predicted molar refractivity (Wildman–Crippen MR) is 105 cm³/mol. The fourth-order valence-electron chi connectivity index (χ4n) is 3.07. The number of anilines is 2. The number of pyridine rings is 1. The second-order valence-corrected chi connectivity index (χ2v) is 6.80. The molecular weight excluding hydrogens is 413 g/mol. The van der Waals surface area contributed by atoms with Gasteiger partial charge in [-0.05, 0) is 37.1 Å². The molecule has 0 aliphatic carbocycles. The van der Waals surface area contributed by atoms with E-state index in [1.807, 2.05) is 0 Å². The first-order chi connectivity index (χ1) is 14.6. The SMILES string of the molecule is CCn1nc(C(=O)[O-])c(Cc2cccc(C(F)(F)F)c2)c(Nc2cnccc2C)c1=O. The van der Waals surface area contributed by atoms with E-state index in [9.17, 15) is 27.9 Å². The summed E-state index contributed by atoms with van der Waals surface area (Å²) in [6, 6.07) is 6.14. The van der Waals surface area contributed by atoms with Crippen LogP contribution in [0.15, 0.2) is 47.5 Å². The lowest BCUT2D eigenvalue weighted by atomic mass is 10.00. The van der Waals surface area contributed by atoms with Crippen LogP contribution in [0.1, 0.15) is 39.7 Å². The van der Waals surface area contributed by atoms with Crippen molar-refractivity contribution in [3.05, 3.63) is 81.0 Å². The number of hydrogen-bond acceptors (Lipinski definition) is 6. The average molecular weight is 431 g/mol. The van der Waals surface area contributed by atoms with Gasteiger partial charge in [0.2, 0.25) is 0 Å². The van der Waals surface area contributed by atoms with Crippen molar-refractivity contribution in [3.63, 3.8) is 0 Å². The van der Waals surface area contributed by atoms with E-state index in [1.165, 1.54) is 18.3 Å². The minimum absolute atomic E-state index is 0.0720. The number of carbonyl (C=O) groups excluding carboxylic acids is 1. The summed E-state index contributed by atoms with van der Waals surface area (Å²) in [5, 5.41) is 18.5. The van der Waals surface area contributed by atoms with Gasteiger partial charge in [-0.25, -0.2) is 4.68 Å². The molecule has 0 unspecified atom stereocenters. The van der Waals surface area contributed by atoms with Crippen molar-refractivity contribution in [2.24, 2.45) is 0 Å². The highest BCUT2D eigenvalue weighted by atomic mass is 19.4. The number of carboxylic acid groups (broad SMARTS) is 1. The lowest BCUT2D eigenvalue weighted by molar-refractivity contribution is -0.255. The molecule has 0 saturated heterocycles. The number of rotatable bonds is 6. The highest BCUT2D eigenvalue weighted by Crippen LogP contribution is 2.31. The Morgan fingerprint density at radius 2 is 2.00 bits per heavy atom. The van der Waals surface area contributed by atoms with Crippen LogP contribution in [0.25, 0.3) is 0 Å². The third-order valence-electron chi connectivity index (χ3n) is 4.68. The standard InChI is InChI=1S/C21H19F3N4O3/c1-3-28-19(29)17(26-16-11-25-8-7-12(16)2)15(18(27-28)20(30)31)10-13-5-4-6-14(9-13)21(22,23)24/h4-9,11,26H,3,10H2,1-2H3,(H,30,31)/p-1. The summed E-state index contributed by atoms with van der Waals surface area (Å²) in [4.78, 5) is 28.7. The highest BCUT2D eigenvalue weighted by molar-refractivity contribution is 5.88. The van der Waals surface area contributed by atoms with Crippen molar-refractivity contribution < 1.29 is 23.1 Å². The quantitative estimate of drug-likeness (QED) is 0.644. The van der Waals surface area contributed by atoms with Crippen LogP contribution in [0.2, 0.25) is 0 Å². The van der Waals surface area contributed by atoms with Crippen LogP contribution >= 0.6 is 0 Å². The van der Waals surface area contributed by atoms with E-state index in [0.29, 0.717) is 5.69 Å². The zero-order valence-electron chi connectivity index (χ0n) is 16.7. The molecule has 0 aliphatic rings. The van der Waals surface area contributed by atoms with E-state index < -0.39 is 29.0 Å². The van der Waals surface area contributed by atoms with Crippen LogP contribution < -0.4 is 16.0 Å². The van der Waals surface area contributed by atoms with E-state index in [-0.39, 0.29) is 29.8 Å². The summed E-state index contributed by atoms with van der Waals surface area (Å²) in [6.45, 7) is 3.46. The van der Waals surface area contributed by atoms with Gasteiger partial charge in [0.05, 0.1) is 23.4 Å². The molecule has 0 saturated carbocycles. The maximum Gasteiger partial charge on any atom is 0.416 e. The summed E-state index contributed by atoms with van der Waals surface area (Å²) >= 11 is 0. The third kappa shape index (κ3) is 4.73. The maximum absolute atomic E-state index is 13.1. The first kappa shape index (κ1) is 22.0. The molecular formula is C21H18F3N4O3-. The number of alkyl halides is 3. The predicted octanol–water partition coefficient (Wildman–Crippen LogP) is 2.68. The van der Waals surface area contributed by atoms with Crippen LogP contribution in [-0.4, -0.2) is 20.7 Å². The highest BCUT2D eigenvalue weighted by Gasteiger charge is 2.30. The first-order valence-corrected chi connectivity index (χ1v) is 9.31. The van der Waals surface area contributed by atoms with E-state index in [0.717, 1.165) is 22.4 Å². The Hall–Kier alpha value is -3.69. The lowest BCUT2D eigenvalue weighted by Gasteiger charge is -2.19. The Morgan fingerprint density at radius 3 is 2.61 bits per heavy atom. The second-order valence-electron chi connectivity index (χ2n) is 6.80. The van der Waals surface area contributed by atoms with Crippen molar-refractivity contribution in [2.45, 2.75) is 33.0 Å². The molecule has 2 heterocycles. The molecule has 0 radical (unpaired) electrons. The largest absolute Gasteiger partial charge is 0.543 e. The molecule has 1 N–H and O–H groups in total. The van der Waals surface area contributed by atoms with Crippen LogP contribution in [0.4, 0.5) is 24.5 Å². The second kappa shape index (κ2) is 8.58. The van der Waals surface area contributed by atoms with Gasteiger partial charge in [0.15, 0.2) is 0 Å². The van der Waals surface area contributed by atoms with E-state index in [2.05, 4.69) is 15.4 Å². The normalized spacial score (nSPS) is 11.4. The summed E-state index contributed by atoms with van der Waals surface area (Å²) in [6.07, 6.45) is -1.83. The Morgan fingerprint density at radius 1 is 1.26 bits per heavy atom. The summed E-state index contributed by atoms with van der Waals surface area (Å²) in [5.41, 5.74) is -0.856. The van der Waals surface area contributed by atoms with Gasteiger partial charge in [0.25, 0.3) is 5.56 Å². The van der Waals surface area contributed by atoms with Gasteiger partial charge in [-0.15, -0.1) is 0 Å². The van der Waals surface area contributed by atoms with E-state index in [1.54, 1.807) is 26.1 Å². The number of aryl methyl sites for hydroxylation is 2.